The summed E-state index contributed by atoms with van der Waals surface area (Å²) in [5.41, 5.74) is 1.27. The molecule has 0 saturated carbocycles. The zero-order valence-electron chi connectivity index (χ0n) is 13.0. The van der Waals surface area contributed by atoms with Gasteiger partial charge in [0.2, 0.25) is 0 Å². The molecule has 2 heterocycles. The van der Waals surface area contributed by atoms with E-state index in [4.69, 9.17) is 4.74 Å². The molecule has 0 radical (unpaired) electrons. The summed E-state index contributed by atoms with van der Waals surface area (Å²) in [6.07, 6.45) is 1.40. The van der Waals surface area contributed by atoms with E-state index in [0.717, 1.165) is 10.9 Å². The predicted molar refractivity (Wildman–Crippen MR) is 82.2 cm³/mol. The molecule has 5 heteroatoms. The van der Waals surface area contributed by atoms with E-state index in [1.54, 1.807) is 17.2 Å². The lowest BCUT2D eigenvalue weighted by molar-refractivity contribution is 0.00830. The van der Waals surface area contributed by atoms with Crippen molar-refractivity contribution in [3.8, 4) is 0 Å². The lowest BCUT2D eigenvalue weighted by Crippen LogP contribution is -2.50. The Kier molecular flexibility index (Phi) is 3.51. The molecule has 1 aromatic carbocycles. The molecule has 116 valence electrons. The first-order valence-corrected chi connectivity index (χ1v) is 7.35. The van der Waals surface area contributed by atoms with Crippen LogP contribution in [0.3, 0.4) is 0 Å². The van der Waals surface area contributed by atoms with Gasteiger partial charge < -0.3 is 9.64 Å². The van der Waals surface area contributed by atoms with E-state index >= 15 is 0 Å². The van der Waals surface area contributed by atoms with Crippen molar-refractivity contribution in [2.24, 2.45) is 0 Å². The zero-order chi connectivity index (χ0) is 15.9. The van der Waals surface area contributed by atoms with Crippen molar-refractivity contribution in [3.63, 3.8) is 0 Å². The van der Waals surface area contributed by atoms with E-state index < -0.39 is 5.60 Å². The normalized spacial score (nSPS) is 15.7. The number of carbonyl (C=O) groups is 1. The number of aromatic nitrogens is 1. The monoisotopic (exact) mass is 302 g/mol. The van der Waals surface area contributed by atoms with Gasteiger partial charge in [-0.3, -0.25) is 4.98 Å². The highest BCUT2D eigenvalue weighted by Gasteiger charge is 2.35. The molecule has 22 heavy (non-hydrogen) atoms. The van der Waals surface area contributed by atoms with Crippen molar-refractivity contribution >= 4 is 17.0 Å². The van der Waals surface area contributed by atoms with Crippen molar-refractivity contribution in [2.45, 2.75) is 32.3 Å². The average molecular weight is 302 g/mol. The molecule has 0 aliphatic carbocycles. The lowest BCUT2D eigenvalue weighted by atomic mass is 9.89. The standard InChI is InChI=1S/C17H19FN2O2/c1-17(2,3)22-16(21)20-9-11(10-20)13-6-7-19-15-8-12(18)4-5-14(13)15/h4-8,11H,9-10H2,1-3H3. The molecule has 2 aromatic rings. The van der Waals surface area contributed by atoms with Crippen LogP contribution in [0.2, 0.25) is 0 Å². The molecule has 0 atom stereocenters. The number of fused-ring (bicyclic) bond motifs is 1. The number of halogens is 1. The van der Waals surface area contributed by atoms with Gasteiger partial charge in [-0.2, -0.15) is 0 Å². The Morgan fingerprint density at radius 1 is 1.32 bits per heavy atom. The summed E-state index contributed by atoms with van der Waals surface area (Å²) in [6, 6.07) is 6.57. The maximum absolute atomic E-state index is 13.3. The summed E-state index contributed by atoms with van der Waals surface area (Å²) in [6.45, 7) is 6.80. The Bertz CT molecular complexity index is 718. The van der Waals surface area contributed by atoms with E-state index in [1.165, 1.54) is 12.1 Å². The Morgan fingerprint density at radius 3 is 2.73 bits per heavy atom. The highest BCUT2D eigenvalue weighted by molar-refractivity contribution is 5.83. The van der Waals surface area contributed by atoms with Crippen LogP contribution in [0.5, 0.6) is 0 Å². The van der Waals surface area contributed by atoms with Crippen molar-refractivity contribution in [3.05, 3.63) is 41.8 Å². The number of pyridine rings is 1. The van der Waals surface area contributed by atoms with Gasteiger partial charge in [0, 0.05) is 36.7 Å². The molecule has 1 aliphatic rings. The number of hydrogen-bond acceptors (Lipinski definition) is 3. The second-order valence-corrected chi connectivity index (χ2v) is 6.64. The number of carbonyl (C=O) groups excluding carboxylic acids is 1. The fraction of sp³-hybridized carbons (Fsp3) is 0.412. The van der Waals surface area contributed by atoms with Crippen LogP contribution < -0.4 is 0 Å². The number of rotatable bonds is 1. The van der Waals surface area contributed by atoms with Crippen LogP contribution >= 0.6 is 0 Å². The fourth-order valence-corrected chi connectivity index (χ4v) is 2.65. The summed E-state index contributed by atoms with van der Waals surface area (Å²) in [5.74, 6) is -0.0513. The molecule has 0 unspecified atom stereocenters. The predicted octanol–water partition coefficient (Wildman–Crippen LogP) is 3.71. The molecule has 1 aromatic heterocycles. The van der Waals surface area contributed by atoms with Crippen molar-refractivity contribution < 1.29 is 13.9 Å². The van der Waals surface area contributed by atoms with E-state index in [-0.39, 0.29) is 17.8 Å². The molecular weight excluding hydrogens is 283 g/mol. The van der Waals surface area contributed by atoms with Crippen LogP contribution in [0, 0.1) is 5.82 Å². The summed E-state index contributed by atoms with van der Waals surface area (Å²) >= 11 is 0. The van der Waals surface area contributed by atoms with Crippen LogP contribution in [-0.4, -0.2) is 34.7 Å². The topological polar surface area (TPSA) is 42.4 Å². The molecule has 0 N–H and O–H groups in total. The van der Waals surface area contributed by atoms with E-state index in [9.17, 15) is 9.18 Å². The van der Waals surface area contributed by atoms with E-state index in [2.05, 4.69) is 4.98 Å². The van der Waals surface area contributed by atoms with Gasteiger partial charge in [-0.05, 0) is 44.5 Å². The minimum atomic E-state index is -0.483. The minimum absolute atomic E-state index is 0.239. The average Bonchev–Trinajstić information content (AvgIpc) is 2.34. The summed E-state index contributed by atoms with van der Waals surface area (Å²) < 4.78 is 18.6. The van der Waals surface area contributed by atoms with Gasteiger partial charge in [-0.25, -0.2) is 9.18 Å². The second kappa shape index (κ2) is 5.23. The molecule has 0 spiro atoms. The highest BCUT2D eigenvalue weighted by atomic mass is 19.1. The van der Waals surface area contributed by atoms with Crippen LogP contribution in [0.1, 0.15) is 32.3 Å². The fourth-order valence-electron chi connectivity index (χ4n) is 2.65. The van der Waals surface area contributed by atoms with Crippen LogP contribution in [-0.2, 0) is 4.74 Å². The quantitative estimate of drug-likeness (QED) is 0.806. The third kappa shape index (κ3) is 2.89. The zero-order valence-corrected chi connectivity index (χ0v) is 13.0. The number of benzene rings is 1. The van der Waals surface area contributed by atoms with Gasteiger partial charge in [-0.15, -0.1) is 0 Å². The van der Waals surface area contributed by atoms with E-state index in [1.807, 2.05) is 26.8 Å². The Balaban J connectivity index is 1.75. The lowest BCUT2D eigenvalue weighted by Gasteiger charge is -2.40. The first-order valence-electron chi connectivity index (χ1n) is 7.35. The minimum Gasteiger partial charge on any atom is -0.444 e. The van der Waals surface area contributed by atoms with Gasteiger partial charge in [0.25, 0.3) is 0 Å². The first kappa shape index (κ1) is 14.8. The molecule has 0 bridgehead atoms. The molecular formula is C17H19FN2O2. The van der Waals surface area contributed by atoms with Crippen molar-refractivity contribution in [1.82, 2.24) is 9.88 Å². The Labute approximate surface area is 128 Å². The number of nitrogens with zero attached hydrogens (tertiary/aromatic N) is 2. The smallest absolute Gasteiger partial charge is 0.410 e. The first-order chi connectivity index (χ1) is 10.3. The van der Waals surface area contributed by atoms with Crippen molar-refractivity contribution in [2.75, 3.05) is 13.1 Å². The second-order valence-electron chi connectivity index (χ2n) is 6.64. The van der Waals surface area contributed by atoms with Crippen molar-refractivity contribution in [1.29, 1.82) is 0 Å². The highest BCUT2D eigenvalue weighted by Crippen LogP contribution is 2.32. The van der Waals surface area contributed by atoms with Gasteiger partial charge in [0.1, 0.15) is 11.4 Å². The maximum Gasteiger partial charge on any atom is 0.410 e. The molecule has 3 rings (SSSR count). The number of ether oxygens (including phenoxy) is 1. The number of hydrogen-bond donors (Lipinski definition) is 0. The van der Waals surface area contributed by atoms with Gasteiger partial charge >= 0.3 is 6.09 Å². The van der Waals surface area contributed by atoms with Gasteiger partial charge in [0.05, 0.1) is 5.52 Å². The molecule has 1 amide bonds. The molecule has 1 fully saturated rings. The third-order valence-electron chi connectivity index (χ3n) is 3.71. The summed E-state index contributed by atoms with van der Waals surface area (Å²) in [5, 5.41) is 0.942. The summed E-state index contributed by atoms with van der Waals surface area (Å²) in [4.78, 5) is 17.9. The van der Waals surface area contributed by atoms with Crippen LogP contribution in [0.4, 0.5) is 9.18 Å². The molecule has 1 saturated heterocycles. The molecule has 1 aliphatic heterocycles. The number of likely N-dealkylation sites (tertiary alicyclic amines) is 1. The van der Waals surface area contributed by atoms with Gasteiger partial charge in [-0.1, -0.05) is 0 Å². The van der Waals surface area contributed by atoms with Crippen LogP contribution in [0.15, 0.2) is 30.5 Å². The summed E-state index contributed by atoms with van der Waals surface area (Å²) in [7, 11) is 0. The Hall–Kier alpha value is -2.17. The van der Waals surface area contributed by atoms with Gasteiger partial charge in [0.15, 0.2) is 0 Å². The SMILES string of the molecule is CC(C)(C)OC(=O)N1CC(c2ccnc3cc(F)ccc23)C1. The largest absolute Gasteiger partial charge is 0.444 e. The van der Waals surface area contributed by atoms with E-state index in [0.29, 0.717) is 18.6 Å². The maximum atomic E-state index is 13.3. The Morgan fingerprint density at radius 2 is 2.05 bits per heavy atom. The molecule has 4 nitrogen and oxygen atoms in total. The number of amides is 1. The van der Waals surface area contributed by atoms with Crippen LogP contribution in [0.25, 0.3) is 10.9 Å². The third-order valence-corrected chi connectivity index (χ3v) is 3.71.